The fourth-order valence-electron chi connectivity index (χ4n) is 3.11. The quantitative estimate of drug-likeness (QED) is 0.800. The molecule has 2 heterocycles. The van der Waals surface area contributed by atoms with Crippen LogP contribution in [0.1, 0.15) is 42.3 Å². The Bertz CT molecular complexity index is 592. The third kappa shape index (κ3) is 2.74. The number of hydrogen-bond donors (Lipinski definition) is 1. The molecular weight excluding hydrogens is 310 g/mol. The monoisotopic (exact) mass is 327 g/mol. The zero-order chi connectivity index (χ0) is 14.2. The molecule has 0 aromatic carbocycles. The van der Waals surface area contributed by atoms with Gasteiger partial charge in [-0.1, -0.05) is 19.8 Å². The molecule has 3 rings (SSSR count). The van der Waals surface area contributed by atoms with Crippen LogP contribution < -0.4 is 5.32 Å². The number of carbonyl (C=O) groups is 1. The molecule has 2 unspecified atom stereocenters. The van der Waals surface area contributed by atoms with Crippen molar-refractivity contribution in [3.8, 4) is 0 Å². The van der Waals surface area contributed by atoms with Gasteiger partial charge in [-0.25, -0.2) is 0 Å². The Morgan fingerprint density at radius 3 is 3.10 bits per heavy atom. The number of alkyl halides is 1. The Balaban J connectivity index is 1.78. The first-order valence-corrected chi connectivity index (χ1v) is 9.20. The van der Waals surface area contributed by atoms with Crippen LogP contribution in [-0.4, -0.2) is 17.3 Å². The van der Waals surface area contributed by atoms with Gasteiger partial charge in [0.25, 0.3) is 5.91 Å². The van der Waals surface area contributed by atoms with Gasteiger partial charge in [-0.2, -0.15) is 0 Å². The largest absolute Gasteiger partial charge is 0.345 e. The number of nitrogens with one attached hydrogen (secondary N) is 1. The van der Waals surface area contributed by atoms with Gasteiger partial charge in [-0.15, -0.1) is 34.3 Å². The van der Waals surface area contributed by atoms with Crippen LogP contribution in [0.2, 0.25) is 0 Å². The van der Waals surface area contributed by atoms with Crippen LogP contribution in [0.4, 0.5) is 0 Å². The molecule has 2 aromatic heterocycles. The molecule has 2 aromatic rings. The third-order valence-electron chi connectivity index (χ3n) is 4.09. The molecule has 20 heavy (non-hydrogen) atoms. The highest BCUT2D eigenvalue weighted by Crippen LogP contribution is 2.35. The molecule has 0 bridgehead atoms. The summed E-state index contributed by atoms with van der Waals surface area (Å²) in [6.07, 6.45) is 4.37. The second kappa shape index (κ2) is 5.66. The van der Waals surface area contributed by atoms with Gasteiger partial charge in [0.15, 0.2) is 0 Å². The van der Waals surface area contributed by atoms with Crippen molar-refractivity contribution in [2.45, 2.75) is 38.1 Å². The number of thiophene rings is 2. The van der Waals surface area contributed by atoms with Crippen molar-refractivity contribution in [1.82, 2.24) is 5.32 Å². The number of amides is 1. The molecule has 1 fully saturated rings. The Labute approximate surface area is 132 Å². The molecule has 1 N–H and O–H groups in total. The smallest absolute Gasteiger partial charge is 0.261 e. The molecule has 1 saturated carbocycles. The lowest BCUT2D eigenvalue weighted by Crippen LogP contribution is -2.52. The Kier molecular flexibility index (Phi) is 4.07. The number of fused-ring (bicyclic) bond motifs is 1. The zero-order valence-corrected chi connectivity index (χ0v) is 13.8. The SMILES string of the molecule is CC1CCCC(CCl)(NC(=O)c2cc3sccc3s2)C1. The van der Waals surface area contributed by atoms with E-state index in [2.05, 4.69) is 23.7 Å². The van der Waals surface area contributed by atoms with E-state index >= 15 is 0 Å². The van der Waals surface area contributed by atoms with E-state index in [1.165, 1.54) is 15.8 Å². The van der Waals surface area contributed by atoms with E-state index in [9.17, 15) is 4.79 Å². The second-order valence-electron chi connectivity index (χ2n) is 5.83. The highest BCUT2D eigenvalue weighted by atomic mass is 35.5. The van der Waals surface area contributed by atoms with E-state index in [4.69, 9.17) is 11.6 Å². The van der Waals surface area contributed by atoms with Crippen LogP contribution in [0, 0.1) is 5.92 Å². The third-order valence-corrected chi connectivity index (χ3v) is 6.69. The van der Waals surface area contributed by atoms with Crippen LogP contribution in [-0.2, 0) is 0 Å². The van der Waals surface area contributed by atoms with Crippen LogP contribution in [0.3, 0.4) is 0 Å². The van der Waals surface area contributed by atoms with Crippen LogP contribution in [0.15, 0.2) is 17.5 Å². The molecule has 2 nitrogen and oxygen atoms in total. The molecular formula is C15H18ClNOS2. The fourth-order valence-corrected chi connectivity index (χ4v) is 5.42. The maximum absolute atomic E-state index is 12.5. The maximum atomic E-state index is 12.5. The van der Waals surface area contributed by atoms with E-state index in [-0.39, 0.29) is 11.4 Å². The van der Waals surface area contributed by atoms with Gasteiger partial charge in [0.2, 0.25) is 0 Å². The molecule has 0 saturated heterocycles. The summed E-state index contributed by atoms with van der Waals surface area (Å²) >= 11 is 9.43. The minimum absolute atomic E-state index is 0.0353. The Morgan fingerprint density at radius 1 is 1.55 bits per heavy atom. The Hall–Kier alpha value is -0.580. The van der Waals surface area contributed by atoms with Crippen molar-refractivity contribution >= 4 is 49.6 Å². The summed E-state index contributed by atoms with van der Waals surface area (Å²) in [5.41, 5.74) is -0.215. The molecule has 2 atom stereocenters. The number of carbonyl (C=O) groups excluding carboxylic acids is 1. The molecule has 0 spiro atoms. The van der Waals surface area contributed by atoms with Crippen molar-refractivity contribution in [3.05, 3.63) is 22.4 Å². The van der Waals surface area contributed by atoms with Gasteiger partial charge < -0.3 is 5.32 Å². The summed E-state index contributed by atoms with van der Waals surface area (Å²) in [5, 5.41) is 5.29. The van der Waals surface area contributed by atoms with E-state index in [1.54, 1.807) is 22.7 Å². The summed E-state index contributed by atoms with van der Waals surface area (Å²) < 4.78 is 2.38. The predicted octanol–water partition coefficient (Wildman–Crippen LogP) is 4.88. The van der Waals surface area contributed by atoms with Crippen molar-refractivity contribution < 1.29 is 4.79 Å². The maximum Gasteiger partial charge on any atom is 0.261 e. The molecule has 1 amide bonds. The van der Waals surface area contributed by atoms with Crippen molar-refractivity contribution in [1.29, 1.82) is 0 Å². The topological polar surface area (TPSA) is 29.1 Å². The molecule has 1 aliphatic carbocycles. The molecule has 1 aliphatic rings. The average Bonchev–Trinajstić information content (AvgIpc) is 2.99. The summed E-state index contributed by atoms with van der Waals surface area (Å²) in [6, 6.07) is 4.07. The van der Waals surface area contributed by atoms with Crippen LogP contribution in [0.25, 0.3) is 9.40 Å². The van der Waals surface area contributed by atoms with Gasteiger partial charge in [0, 0.05) is 15.3 Å². The molecule has 0 aliphatic heterocycles. The summed E-state index contributed by atoms with van der Waals surface area (Å²) in [5.74, 6) is 1.17. The minimum atomic E-state index is -0.215. The van der Waals surface area contributed by atoms with Gasteiger partial charge in [0.05, 0.1) is 10.4 Å². The first-order valence-electron chi connectivity index (χ1n) is 6.97. The number of halogens is 1. The standard InChI is InChI=1S/C15H18ClNOS2/c1-10-3-2-5-15(8-10,9-16)17-14(18)13-7-12-11(20-13)4-6-19-12/h4,6-7,10H,2-3,5,8-9H2,1H3,(H,17,18). The average molecular weight is 328 g/mol. The van der Waals surface area contributed by atoms with E-state index in [0.717, 1.165) is 24.1 Å². The molecule has 0 radical (unpaired) electrons. The number of rotatable bonds is 3. The van der Waals surface area contributed by atoms with Gasteiger partial charge in [-0.05, 0) is 36.3 Å². The normalized spacial score (nSPS) is 26.8. The highest BCUT2D eigenvalue weighted by Gasteiger charge is 2.36. The first-order chi connectivity index (χ1) is 9.62. The van der Waals surface area contributed by atoms with Gasteiger partial charge >= 0.3 is 0 Å². The van der Waals surface area contributed by atoms with Crippen molar-refractivity contribution in [2.24, 2.45) is 5.92 Å². The van der Waals surface area contributed by atoms with E-state index in [1.807, 2.05) is 6.07 Å². The lowest BCUT2D eigenvalue weighted by atomic mass is 9.77. The van der Waals surface area contributed by atoms with Gasteiger partial charge in [-0.3, -0.25) is 4.79 Å². The molecule has 108 valence electrons. The predicted molar refractivity (Wildman–Crippen MR) is 88.3 cm³/mol. The van der Waals surface area contributed by atoms with E-state index in [0.29, 0.717) is 11.8 Å². The van der Waals surface area contributed by atoms with E-state index < -0.39 is 0 Å². The van der Waals surface area contributed by atoms with Crippen molar-refractivity contribution in [3.63, 3.8) is 0 Å². The molecule has 5 heteroatoms. The summed E-state index contributed by atoms with van der Waals surface area (Å²) in [4.78, 5) is 13.3. The first kappa shape index (κ1) is 14.4. The zero-order valence-electron chi connectivity index (χ0n) is 11.4. The lowest BCUT2D eigenvalue weighted by Gasteiger charge is -2.39. The Morgan fingerprint density at radius 2 is 2.40 bits per heavy atom. The van der Waals surface area contributed by atoms with Crippen LogP contribution >= 0.6 is 34.3 Å². The summed E-state index contributed by atoms with van der Waals surface area (Å²) in [6.45, 7) is 2.24. The highest BCUT2D eigenvalue weighted by molar-refractivity contribution is 7.27. The van der Waals surface area contributed by atoms with Gasteiger partial charge in [0.1, 0.15) is 0 Å². The second-order valence-corrected chi connectivity index (χ2v) is 8.13. The lowest BCUT2D eigenvalue weighted by molar-refractivity contribution is 0.0871. The van der Waals surface area contributed by atoms with Crippen LogP contribution in [0.5, 0.6) is 0 Å². The minimum Gasteiger partial charge on any atom is -0.345 e. The summed E-state index contributed by atoms with van der Waals surface area (Å²) in [7, 11) is 0. The van der Waals surface area contributed by atoms with Crippen molar-refractivity contribution in [2.75, 3.05) is 5.88 Å². The number of hydrogen-bond acceptors (Lipinski definition) is 3. The fraction of sp³-hybridized carbons (Fsp3) is 0.533.